The van der Waals surface area contributed by atoms with Gasteiger partial charge in [-0.1, -0.05) is 18.0 Å². The van der Waals surface area contributed by atoms with Crippen LogP contribution in [0.15, 0.2) is 12.3 Å². The number of nitrogens with one attached hydrogen (secondary N) is 1. The zero-order valence-electron chi connectivity index (χ0n) is 12.6. The number of nitrogens with zero attached hydrogens (tertiary/aromatic N) is 1. The SMILES string of the molecule is C[C@@]1(O)C[C@H]2CCC[C@@H](C1)[C@H]2Nc1cc(Cl)ncc1C(=O)O. The Kier molecular flexibility index (Phi) is 4.03. The van der Waals surface area contributed by atoms with E-state index in [-0.39, 0.29) is 16.8 Å². The molecular weight excluding hydrogens is 304 g/mol. The average molecular weight is 325 g/mol. The molecule has 4 atom stereocenters. The molecule has 5 nitrogen and oxygen atoms in total. The summed E-state index contributed by atoms with van der Waals surface area (Å²) in [6.45, 7) is 1.90. The van der Waals surface area contributed by atoms with Crippen LogP contribution >= 0.6 is 11.6 Å². The minimum absolute atomic E-state index is 0.139. The van der Waals surface area contributed by atoms with Crippen LogP contribution < -0.4 is 5.32 Å². The van der Waals surface area contributed by atoms with Crippen molar-refractivity contribution in [1.29, 1.82) is 0 Å². The Morgan fingerprint density at radius 3 is 2.64 bits per heavy atom. The molecule has 0 unspecified atom stereocenters. The van der Waals surface area contributed by atoms with Crippen molar-refractivity contribution in [2.45, 2.75) is 50.7 Å². The molecular formula is C16H21ClN2O3. The average Bonchev–Trinajstić information content (AvgIpc) is 2.39. The number of hydrogen-bond acceptors (Lipinski definition) is 4. The molecule has 2 fully saturated rings. The van der Waals surface area contributed by atoms with Crippen molar-refractivity contribution in [3.05, 3.63) is 23.0 Å². The number of fused-ring (bicyclic) bond motifs is 2. The molecule has 2 aliphatic rings. The largest absolute Gasteiger partial charge is 0.478 e. The first kappa shape index (κ1) is 15.6. The highest BCUT2D eigenvalue weighted by Crippen LogP contribution is 2.45. The fourth-order valence-corrected chi connectivity index (χ4v) is 4.35. The van der Waals surface area contributed by atoms with Crippen molar-refractivity contribution in [2.24, 2.45) is 11.8 Å². The molecule has 22 heavy (non-hydrogen) atoms. The number of halogens is 1. The van der Waals surface area contributed by atoms with Crippen molar-refractivity contribution >= 4 is 23.3 Å². The van der Waals surface area contributed by atoms with Crippen LogP contribution in [0, 0.1) is 11.8 Å². The molecule has 0 aromatic carbocycles. The normalized spacial score (nSPS) is 34.2. The number of rotatable bonds is 3. The highest BCUT2D eigenvalue weighted by atomic mass is 35.5. The highest BCUT2D eigenvalue weighted by Gasteiger charge is 2.44. The third-order valence-corrected chi connectivity index (χ3v) is 5.20. The summed E-state index contributed by atoms with van der Waals surface area (Å²) in [4.78, 5) is 15.2. The lowest BCUT2D eigenvalue weighted by Crippen LogP contribution is -2.51. The number of aromatic carboxylic acids is 1. The number of hydrogen-bond donors (Lipinski definition) is 3. The van der Waals surface area contributed by atoms with E-state index in [0.717, 1.165) is 25.7 Å². The van der Waals surface area contributed by atoms with Gasteiger partial charge in [0.05, 0.1) is 11.3 Å². The van der Waals surface area contributed by atoms with Gasteiger partial charge in [0.15, 0.2) is 0 Å². The number of carboxylic acids is 1. The molecule has 0 saturated heterocycles. The summed E-state index contributed by atoms with van der Waals surface area (Å²) >= 11 is 5.92. The predicted molar refractivity (Wildman–Crippen MR) is 84.3 cm³/mol. The second kappa shape index (κ2) is 5.70. The van der Waals surface area contributed by atoms with Crippen LogP contribution in [0.25, 0.3) is 0 Å². The Balaban J connectivity index is 1.87. The first-order chi connectivity index (χ1) is 10.4. The van der Waals surface area contributed by atoms with E-state index in [0.29, 0.717) is 17.5 Å². The summed E-state index contributed by atoms with van der Waals surface area (Å²) in [6, 6.07) is 1.76. The first-order valence-corrected chi connectivity index (χ1v) is 8.11. The maximum Gasteiger partial charge on any atom is 0.339 e. The van der Waals surface area contributed by atoms with E-state index in [1.165, 1.54) is 12.6 Å². The summed E-state index contributed by atoms with van der Waals surface area (Å²) in [7, 11) is 0. The number of anilines is 1. The number of carboxylic acid groups (broad SMARTS) is 1. The molecule has 120 valence electrons. The van der Waals surface area contributed by atoms with E-state index in [1.54, 1.807) is 6.07 Å². The van der Waals surface area contributed by atoms with Gasteiger partial charge in [-0.05, 0) is 50.5 Å². The van der Waals surface area contributed by atoms with Crippen LogP contribution in [-0.4, -0.2) is 32.8 Å². The van der Waals surface area contributed by atoms with Gasteiger partial charge >= 0.3 is 5.97 Å². The quantitative estimate of drug-likeness (QED) is 0.744. The van der Waals surface area contributed by atoms with Crippen LogP contribution in [0.2, 0.25) is 5.15 Å². The minimum Gasteiger partial charge on any atom is -0.478 e. The zero-order valence-corrected chi connectivity index (χ0v) is 13.3. The van der Waals surface area contributed by atoms with Crippen LogP contribution in [0.5, 0.6) is 0 Å². The topological polar surface area (TPSA) is 82.5 Å². The fourth-order valence-electron chi connectivity index (χ4n) is 4.19. The summed E-state index contributed by atoms with van der Waals surface area (Å²) in [5.41, 5.74) is 0.0511. The molecule has 0 radical (unpaired) electrons. The van der Waals surface area contributed by atoms with Gasteiger partial charge in [0, 0.05) is 12.2 Å². The summed E-state index contributed by atoms with van der Waals surface area (Å²) in [6.07, 6.45) is 6.09. The predicted octanol–water partition coefficient (Wildman–Crippen LogP) is 3.17. The number of aromatic nitrogens is 1. The van der Waals surface area contributed by atoms with Gasteiger partial charge in [-0.3, -0.25) is 0 Å². The Morgan fingerprint density at radius 2 is 2.05 bits per heavy atom. The van der Waals surface area contributed by atoms with E-state index in [9.17, 15) is 15.0 Å². The third kappa shape index (κ3) is 3.06. The molecule has 1 aromatic rings. The highest BCUT2D eigenvalue weighted by molar-refractivity contribution is 6.29. The molecule has 1 heterocycles. The van der Waals surface area contributed by atoms with Crippen molar-refractivity contribution in [2.75, 3.05) is 5.32 Å². The van der Waals surface area contributed by atoms with E-state index >= 15 is 0 Å². The summed E-state index contributed by atoms with van der Waals surface area (Å²) in [5, 5.41) is 23.4. The molecule has 2 saturated carbocycles. The summed E-state index contributed by atoms with van der Waals surface area (Å²) in [5.74, 6) is -0.299. The van der Waals surface area contributed by atoms with Gasteiger partial charge in [-0.2, -0.15) is 0 Å². The van der Waals surface area contributed by atoms with Crippen LogP contribution in [0.1, 0.15) is 49.4 Å². The first-order valence-electron chi connectivity index (χ1n) is 7.73. The fraction of sp³-hybridized carbons (Fsp3) is 0.625. The maximum absolute atomic E-state index is 11.4. The molecule has 1 aromatic heterocycles. The van der Waals surface area contributed by atoms with Crippen molar-refractivity contribution in [1.82, 2.24) is 4.98 Å². The van der Waals surface area contributed by atoms with Gasteiger partial charge in [0.1, 0.15) is 10.7 Å². The van der Waals surface area contributed by atoms with Crippen LogP contribution in [0.4, 0.5) is 5.69 Å². The molecule has 3 N–H and O–H groups in total. The Morgan fingerprint density at radius 1 is 1.41 bits per heavy atom. The Hall–Kier alpha value is -1.33. The summed E-state index contributed by atoms with van der Waals surface area (Å²) < 4.78 is 0. The lowest BCUT2D eigenvalue weighted by atomic mass is 9.63. The zero-order chi connectivity index (χ0) is 15.9. The lowest BCUT2D eigenvalue weighted by Gasteiger charge is -2.49. The number of pyridine rings is 1. The van der Waals surface area contributed by atoms with Gasteiger partial charge in [0.25, 0.3) is 0 Å². The van der Waals surface area contributed by atoms with E-state index < -0.39 is 11.6 Å². The molecule has 2 aliphatic carbocycles. The molecule has 2 bridgehead atoms. The smallest absolute Gasteiger partial charge is 0.339 e. The second-order valence-electron chi connectivity index (χ2n) is 6.88. The van der Waals surface area contributed by atoms with Crippen LogP contribution in [0.3, 0.4) is 0 Å². The van der Waals surface area contributed by atoms with Crippen molar-refractivity contribution in [3.8, 4) is 0 Å². The molecule has 0 spiro atoms. The van der Waals surface area contributed by atoms with E-state index in [2.05, 4.69) is 10.3 Å². The van der Waals surface area contributed by atoms with Gasteiger partial charge in [-0.15, -0.1) is 0 Å². The number of carbonyl (C=O) groups is 1. The lowest BCUT2D eigenvalue weighted by molar-refractivity contribution is -0.0432. The molecule has 0 amide bonds. The Bertz CT molecular complexity index is 575. The Labute approximate surface area is 134 Å². The van der Waals surface area contributed by atoms with Gasteiger partial charge < -0.3 is 15.5 Å². The monoisotopic (exact) mass is 324 g/mol. The van der Waals surface area contributed by atoms with Gasteiger partial charge in [-0.25, -0.2) is 9.78 Å². The van der Waals surface area contributed by atoms with Crippen LogP contribution in [-0.2, 0) is 0 Å². The number of aliphatic hydroxyl groups is 1. The molecule has 3 rings (SSSR count). The molecule has 6 heteroatoms. The van der Waals surface area contributed by atoms with Gasteiger partial charge in [0.2, 0.25) is 0 Å². The van der Waals surface area contributed by atoms with Crippen molar-refractivity contribution in [3.63, 3.8) is 0 Å². The maximum atomic E-state index is 11.4. The third-order valence-electron chi connectivity index (χ3n) is 4.99. The van der Waals surface area contributed by atoms with Crippen molar-refractivity contribution < 1.29 is 15.0 Å². The molecule has 0 aliphatic heterocycles. The second-order valence-corrected chi connectivity index (χ2v) is 7.27. The van der Waals surface area contributed by atoms with E-state index in [4.69, 9.17) is 11.6 Å². The minimum atomic E-state index is -1.01. The van der Waals surface area contributed by atoms with E-state index in [1.807, 2.05) is 6.92 Å². The standard InChI is InChI=1S/C16H21ClN2O3/c1-16(22)6-9-3-2-4-10(7-16)14(9)19-12-5-13(17)18-8-11(12)15(20)21/h5,8-10,14,22H,2-4,6-7H2,1H3,(H,18,19)(H,20,21)/t9-,10+,14+,16-.